The molecule has 4 nitrogen and oxygen atoms in total. The Labute approximate surface area is 129 Å². The molecule has 1 rings (SSSR count). The first kappa shape index (κ1) is 17.9. The van der Waals surface area contributed by atoms with Gasteiger partial charge in [0.2, 0.25) is 0 Å². The highest BCUT2D eigenvalue weighted by molar-refractivity contribution is 6.35. The summed E-state index contributed by atoms with van der Waals surface area (Å²) in [6, 6.07) is 4.45. The van der Waals surface area contributed by atoms with Gasteiger partial charge in [0.15, 0.2) is 12.1 Å². The molecule has 9 heteroatoms. The van der Waals surface area contributed by atoms with Crippen LogP contribution in [0.3, 0.4) is 0 Å². The number of guanidine groups is 1. The van der Waals surface area contributed by atoms with Gasteiger partial charge in [-0.3, -0.25) is 4.99 Å². The molecule has 1 aromatic carbocycles. The third kappa shape index (κ3) is 5.61. The van der Waals surface area contributed by atoms with Crippen LogP contribution in [0.5, 0.6) is 0 Å². The molecule has 0 bridgehead atoms. The minimum absolute atomic E-state index is 0.225. The van der Waals surface area contributed by atoms with Crippen LogP contribution < -0.4 is 11.1 Å². The lowest BCUT2D eigenvalue weighted by Gasteiger charge is -2.17. The second-order valence-corrected chi connectivity index (χ2v) is 5.16. The van der Waals surface area contributed by atoms with Gasteiger partial charge in [-0.25, -0.2) is 0 Å². The normalized spacial score (nSPS) is 15.7. The summed E-state index contributed by atoms with van der Waals surface area (Å²) in [5.41, 5.74) is 6.14. The van der Waals surface area contributed by atoms with E-state index >= 15 is 0 Å². The van der Waals surface area contributed by atoms with Gasteiger partial charge in [-0.05, 0) is 24.6 Å². The highest BCUT2D eigenvalue weighted by Crippen LogP contribution is 2.26. The van der Waals surface area contributed by atoms with E-state index in [1.807, 2.05) is 0 Å². The Kier molecular flexibility index (Phi) is 6.12. The molecule has 0 aromatic heterocycles. The number of hydrogen-bond donors (Lipinski definition) is 3. The SMILES string of the molecule is CC(NC(N)=NCC(O)C(F)(F)F)c1ccc(Cl)cc1Cl. The maximum atomic E-state index is 12.1. The number of halogens is 5. The molecule has 0 heterocycles. The van der Waals surface area contributed by atoms with E-state index in [0.717, 1.165) is 0 Å². The predicted molar refractivity (Wildman–Crippen MR) is 76.6 cm³/mol. The summed E-state index contributed by atoms with van der Waals surface area (Å²) in [4.78, 5) is 3.45. The van der Waals surface area contributed by atoms with Crippen molar-refractivity contribution in [1.82, 2.24) is 5.32 Å². The van der Waals surface area contributed by atoms with Crippen LogP contribution in [0.25, 0.3) is 0 Å². The largest absolute Gasteiger partial charge is 0.416 e. The van der Waals surface area contributed by atoms with E-state index < -0.39 is 18.8 Å². The Morgan fingerprint density at radius 3 is 2.57 bits per heavy atom. The maximum absolute atomic E-state index is 12.1. The number of aliphatic hydroxyl groups is 1. The molecule has 2 atom stereocenters. The molecular weight excluding hydrogens is 330 g/mol. The third-order valence-corrected chi connectivity index (χ3v) is 3.17. The van der Waals surface area contributed by atoms with Crippen molar-refractivity contribution in [1.29, 1.82) is 0 Å². The second-order valence-electron chi connectivity index (χ2n) is 4.32. The summed E-state index contributed by atoms with van der Waals surface area (Å²) >= 11 is 11.8. The molecule has 0 spiro atoms. The molecule has 21 heavy (non-hydrogen) atoms. The monoisotopic (exact) mass is 343 g/mol. The first-order valence-electron chi connectivity index (χ1n) is 5.87. The van der Waals surface area contributed by atoms with E-state index in [9.17, 15) is 13.2 Å². The lowest BCUT2D eigenvalue weighted by atomic mass is 10.1. The zero-order valence-electron chi connectivity index (χ0n) is 11.0. The highest BCUT2D eigenvalue weighted by atomic mass is 35.5. The van der Waals surface area contributed by atoms with Gasteiger partial charge in [0.25, 0.3) is 0 Å². The van der Waals surface area contributed by atoms with Gasteiger partial charge in [0.05, 0.1) is 12.6 Å². The van der Waals surface area contributed by atoms with E-state index in [4.69, 9.17) is 34.0 Å². The van der Waals surface area contributed by atoms with E-state index in [1.165, 1.54) is 6.07 Å². The molecule has 118 valence electrons. The molecule has 0 aliphatic rings. The number of hydrogen-bond acceptors (Lipinski definition) is 2. The van der Waals surface area contributed by atoms with Gasteiger partial charge in [-0.2, -0.15) is 13.2 Å². The summed E-state index contributed by atoms with van der Waals surface area (Å²) in [6.45, 7) is 0.834. The fraction of sp³-hybridized carbons (Fsp3) is 0.417. The van der Waals surface area contributed by atoms with Crippen LogP contribution in [0.15, 0.2) is 23.2 Å². The van der Waals surface area contributed by atoms with Crippen LogP contribution in [-0.2, 0) is 0 Å². The molecule has 0 saturated carbocycles. The molecule has 1 aromatic rings. The van der Waals surface area contributed by atoms with Gasteiger partial charge in [0.1, 0.15) is 0 Å². The Balaban J connectivity index is 2.67. The first-order valence-corrected chi connectivity index (χ1v) is 6.63. The lowest BCUT2D eigenvalue weighted by molar-refractivity contribution is -0.199. The fourth-order valence-electron chi connectivity index (χ4n) is 1.49. The third-order valence-electron chi connectivity index (χ3n) is 2.61. The zero-order chi connectivity index (χ0) is 16.2. The van der Waals surface area contributed by atoms with Gasteiger partial charge >= 0.3 is 6.18 Å². The van der Waals surface area contributed by atoms with Gasteiger partial charge in [-0.1, -0.05) is 29.3 Å². The van der Waals surface area contributed by atoms with E-state index in [2.05, 4.69) is 10.3 Å². The smallest absolute Gasteiger partial charge is 0.382 e. The number of alkyl halides is 3. The topological polar surface area (TPSA) is 70.6 Å². The van der Waals surface area contributed by atoms with Crippen molar-refractivity contribution in [2.24, 2.45) is 10.7 Å². The van der Waals surface area contributed by atoms with Crippen molar-refractivity contribution in [3.8, 4) is 0 Å². The minimum Gasteiger partial charge on any atom is -0.382 e. The number of rotatable bonds is 4. The summed E-state index contributed by atoms with van der Waals surface area (Å²) in [5.74, 6) is -0.225. The molecule has 0 amide bonds. The zero-order valence-corrected chi connectivity index (χ0v) is 12.5. The van der Waals surface area contributed by atoms with Crippen molar-refractivity contribution in [3.05, 3.63) is 33.8 Å². The summed E-state index contributed by atoms with van der Waals surface area (Å²) in [7, 11) is 0. The Morgan fingerprint density at radius 2 is 2.05 bits per heavy atom. The van der Waals surface area contributed by atoms with Crippen LogP contribution in [0, 0.1) is 0 Å². The van der Waals surface area contributed by atoms with E-state index in [-0.39, 0.29) is 12.0 Å². The molecule has 0 fully saturated rings. The number of aliphatic imine (C=N–C) groups is 1. The van der Waals surface area contributed by atoms with Crippen molar-refractivity contribution in [2.45, 2.75) is 25.2 Å². The quantitative estimate of drug-likeness (QED) is 0.581. The first-order chi connectivity index (χ1) is 9.61. The van der Waals surface area contributed by atoms with Gasteiger partial charge in [0, 0.05) is 10.0 Å². The lowest BCUT2D eigenvalue weighted by Crippen LogP contribution is -2.37. The van der Waals surface area contributed by atoms with E-state index in [0.29, 0.717) is 15.6 Å². The second kappa shape index (κ2) is 7.20. The van der Waals surface area contributed by atoms with Crippen LogP contribution >= 0.6 is 23.2 Å². The van der Waals surface area contributed by atoms with Crippen molar-refractivity contribution in [2.75, 3.05) is 6.54 Å². The predicted octanol–water partition coefficient (Wildman–Crippen LogP) is 2.88. The fourth-order valence-corrected chi connectivity index (χ4v) is 2.06. The molecule has 2 unspecified atom stereocenters. The average Bonchev–Trinajstić information content (AvgIpc) is 2.34. The summed E-state index contributed by atoms with van der Waals surface area (Å²) in [5, 5.41) is 12.4. The van der Waals surface area contributed by atoms with Gasteiger partial charge < -0.3 is 16.2 Å². The number of nitrogens with one attached hydrogen (secondary N) is 1. The minimum atomic E-state index is -4.73. The molecule has 4 N–H and O–H groups in total. The summed E-state index contributed by atoms with van der Waals surface area (Å²) in [6.07, 6.45) is -7.28. The molecule has 0 saturated heterocycles. The van der Waals surface area contributed by atoms with Crippen molar-refractivity contribution >= 4 is 29.2 Å². The van der Waals surface area contributed by atoms with Crippen LogP contribution in [0.2, 0.25) is 10.0 Å². The number of benzene rings is 1. The Morgan fingerprint density at radius 1 is 1.43 bits per heavy atom. The molecule has 0 radical (unpaired) electrons. The van der Waals surface area contributed by atoms with Crippen LogP contribution in [0.4, 0.5) is 13.2 Å². The average molecular weight is 344 g/mol. The van der Waals surface area contributed by atoms with E-state index in [1.54, 1.807) is 19.1 Å². The number of nitrogens with zero attached hydrogens (tertiary/aromatic N) is 1. The van der Waals surface area contributed by atoms with Gasteiger partial charge in [-0.15, -0.1) is 0 Å². The molecule has 0 aliphatic heterocycles. The Bertz CT molecular complexity index is 523. The molecule has 0 aliphatic carbocycles. The summed E-state index contributed by atoms with van der Waals surface area (Å²) < 4.78 is 36.3. The molecular formula is C12H14Cl2F3N3O. The van der Waals surface area contributed by atoms with Crippen LogP contribution in [0.1, 0.15) is 18.5 Å². The maximum Gasteiger partial charge on any atom is 0.416 e. The number of aliphatic hydroxyl groups excluding tert-OH is 1. The van der Waals surface area contributed by atoms with Crippen molar-refractivity contribution < 1.29 is 18.3 Å². The Hall–Kier alpha value is -1.18. The van der Waals surface area contributed by atoms with Crippen LogP contribution in [-0.4, -0.2) is 29.9 Å². The highest BCUT2D eigenvalue weighted by Gasteiger charge is 2.37. The number of nitrogens with two attached hydrogens (primary N) is 1. The standard InChI is InChI=1S/C12H14Cl2F3N3O/c1-6(8-3-2-7(13)4-9(8)14)20-11(18)19-5-10(21)12(15,16)17/h2-4,6,10,21H,5H2,1H3,(H3,18,19,20). The van der Waals surface area contributed by atoms with Crippen molar-refractivity contribution in [3.63, 3.8) is 0 Å².